The van der Waals surface area contributed by atoms with Gasteiger partial charge in [-0.3, -0.25) is 0 Å². The minimum absolute atomic E-state index is 0.228. The molecular weight excluding hydrogens is 234 g/mol. The molecule has 0 aliphatic carbocycles. The van der Waals surface area contributed by atoms with Crippen molar-refractivity contribution >= 4 is 17.6 Å². The van der Waals surface area contributed by atoms with Gasteiger partial charge in [-0.1, -0.05) is 0 Å². The van der Waals surface area contributed by atoms with Gasteiger partial charge in [-0.25, -0.2) is 9.59 Å². The number of hydrogen-bond acceptors (Lipinski definition) is 4. The molecule has 1 heterocycles. The highest BCUT2D eigenvalue weighted by Crippen LogP contribution is 2.20. The summed E-state index contributed by atoms with van der Waals surface area (Å²) in [6, 6.07) is 6.34. The Morgan fingerprint density at radius 1 is 1.33 bits per heavy atom. The van der Waals surface area contributed by atoms with Gasteiger partial charge in [0.15, 0.2) is 0 Å². The topological polar surface area (TPSA) is 75.6 Å². The largest absolute Gasteiger partial charge is 0.478 e. The first-order chi connectivity index (χ1) is 8.58. The Balaban J connectivity index is 2.14. The van der Waals surface area contributed by atoms with E-state index in [9.17, 15) is 9.59 Å². The van der Waals surface area contributed by atoms with Gasteiger partial charge in [-0.2, -0.15) is 0 Å². The second kappa shape index (κ2) is 4.91. The van der Waals surface area contributed by atoms with Crippen molar-refractivity contribution in [1.82, 2.24) is 0 Å². The highest BCUT2D eigenvalue weighted by molar-refractivity contribution is 5.91. The zero-order chi connectivity index (χ0) is 13.1. The molecule has 94 valence electrons. The van der Waals surface area contributed by atoms with Crippen molar-refractivity contribution in [1.29, 1.82) is 0 Å². The molecule has 0 amide bonds. The molecule has 1 saturated heterocycles. The molecule has 1 aliphatic heterocycles. The smallest absolute Gasteiger partial charge is 0.335 e. The first-order valence-corrected chi connectivity index (χ1v) is 5.55. The summed E-state index contributed by atoms with van der Waals surface area (Å²) in [5, 5.41) is 11.8. The molecule has 1 aromatic carbocycles. The van der Waals surface area contributed by atoms with E-state index in [2.05, 4.69) is 5.32 Å². The number of anilines is 1. The van der Waals surface area contributed by atoms with E-state index in [0.717, 1.165) is 11.4 Å². The average molecular weight is 247 g/mol. The van der Waals surface area contributed by atoms with Gasteiger partial charge in [0.1, 0.15) is 0 Å². The summed E-state index contributed by atoms with van der Waals surface area (Å²) < 4.78 is 4.86. The number of hydrogen-bond donors (Lipinski definition) is 2. The Bertz CT molecular complexity index is 516. The SMILES string of the molecule is C/C(Nc1ccc(C(=O)O)cc1)=C1\CCOC1=O. The van der Waals surface area contributed by atoms with Crippen molar-refractivity contribution in [3.63, 3.8) is 0 Å². The Hall–Kier alpha value is -2.30. The van der Waals surface area contributed by atoms with E-state index in [1.807, 2.05) is 0 Å². The van der Waals surface area contributed by atoms with Gasteiger partial charge in [0.2, 0.25) is 0 Å². The average Bonchev–Trinajstić information content (AvgIpc) is 2.76. The Morgan fingerprint density at radius 2 is 2.00 bits per heavy atom. The van der Waals surface area contributed by atoms with Gasteiger partial charge >= 0.3 is 11.9 Å². The number of carboxylic acid groups (broad SMARTS) is 1. The van der Waals surface area contributed by atoms with E-state index in [-0.39, 0.29) is 11.5 Å². The molecule has 1 fully saturated rings. The monoisotopic (exact) mass is 247 g/mol. The molecule has 1 aliphatic rings. The molecule has 0 atom stereocenters. The number of cyclic esters (lactones) is 1. The van der Waals surface area contributed by atoms with Crippen molar-refractivity contribution < 1.29 is 19.4 Å². The highest BCUT2D eigenvalue weighted by Gasteiger charge is 2.21. The van der Waals surface area contributed by atoms with E-state index in [1.165, 1.54) is 12.1 Å². The third-order valence-corrected chi connectivity index (χ3v) is 2.75. The lowest BCUT2D eigenvalue weighted by atomic mass is 10.1. The van der Waals surface area contributed by atoms with Crippen LogP contribution >= 0.6 is 0 Å². The minimum atomic E-state index is -0.962. The van der Waals surface area contributed by atoms with Gasteiger partial charge < -0.3 is 15.2 Å². The van der Waals surface area contributed by atoms with E-state index >= 15 is 0 Å². The normalized spacial score (nSPS) is 17.3. The Kier molecular flexibility index (Phi) is 3.32. The van der Waals surface area contributed by atoms with Crippen molar-refractivity contribution in [3.05, 3.63) is 41.1 Å². The summed E-state index contributed by atoms with van der Waals surface area (Å²) in [5.74, 6) is -1.25. The molecular formula is C13H13NO4. The second-order valence-electron chi connectivity index (χ2n) is 4.00. The van der Waals surface area contributed by atoms with Crippen molar-refractivity contribution in [2.45, 2.75) is 13.3 Å². The van der Waals surface area contributed by atoms with Gasteiger partial charge in [0, 0.05) is 17.8 Å². The molecule has 2 N–H and O–H groups in total. The lowest BCUT2D eigenvalue weighted by Gasteiger charge is -2.08. The molecule has 0 saturated carbocycles. The summed E-state index contributed by atoms with van der Waals surface area (Å²) in [5.41, 5.74) is 2.34. The van der Waals surface area contributed by atoms with Crippen LogP contribution in [0.25, 0.3) is 0 Å². The summed E-state index contributed by atoms with van der Waals surface area (Å²) in [6.45, 7) is 2.22. The highest BCUT2D eigenvalue weighted by atomic mass is 16.5. The van der Waals surface area contributed by atoms with Crippen LogP contribution in [0.1, 0.15) is 23.7 Å². The summed E-state index contributed by atoms with van der Waals surface area (Å²) in [4.78, 5) is 22.0. The molecule has 2 rings (SSSR count). The number of rotatable bonds is 3. The van der Waals surface area contributed by atoms with E-state index in [0.29, 0.717) is 18.6 Å². The fourth-order valence-corrected chi connectivity index (χ4v) is 1.76. The fraction of sp³-hybridized carbons (Fsp3) is 0.231. The third kappa shape index (κ3) is 2.51. The van der Waals surface area contributed by atoms with Crippen LogP contribution in [0.3, 0.4) is 0 Å². The van der Waals surface area contributed by atoms with Crippen LogP contribution in [0.15, 0.2) is 35.5 Å². The van der Waals surface area contributed by atoms with Gasteiger partial charge in [-0.15, -0.1) is 0 Å². The molecule has 0 unspecified atom stereocenters. The number of carbonyl (C=O) groups excluding carboxylic acids is 1. The molecule has 0 spiro atoms. The number of carboxylic acids is 1. The molecule has 0 radical (unpaired) electrons. The van der Waals surface area contributed by atoms with Crippen molar-refractivity contribution in [2.24, 2.45) is 0 Å². The first-order valence-electron chi connectivity index (χ1n) is 5.55. The second-order valence-corrected chi connectivity index (χ2v) is 4.00. The number of benzene rings is 1. The molecule has 0 bridgehead atoms. The van der Waals surface area contributed by atoms with E-state index < -0.39 is 5.97 Å². The first kappa shape index (κ1) is 12.2. The number of nitrogens with one attached hydrogen (secondary N) is 1. The van der Waals surface area contributed by atoms with Gasteiger partial charge in [0.25, 0.3) is 0 Å². The Labute approximate surface area is 104 Å². The number of allylic oxidation sites excluding steroid dienone is 1. The summed E-state index contributed by atoms with van der Waals surface area (Å²) >= 11 is 0. The maximum atomic E-state index is 11.4. The van der Waals surface area contributed by atoms with E-state index in [1.54, 1.807) is 19.1 Å². The lowest BCUT2D eigenvalue weighted by molar-refractivity contribution is -0.135. The molecule has 18 heavy (non-hydrogen) atoms. The molecule has 0 aromatic heterocycles. The zero-order valence-corrected chi connectivity index (χ0v) is 9.90. The third-order valence-electron chi connectivity index (χ3n) is 2.75. The predicted molar refractivity (Wildman–Crippen MR) is 65.3 cm³/mol. The van der Waals surface area contributed by atoms with Gasteiger partial charge in [0.05, 0.1) is 17.7 Å². The number of ether oxygens (including phenoxy) is 1. The summed E-state index contributed by atoms with van der Waals surface area (Å²) in [7, 11) is 0. The summed E-state index contributed by atoms with van der Waals surface area (Å²) in [6.07, 6.45) is 0.602. The molecule has 5 heteroatoms. The van der Waals surface area contributed by atoms with Crippen LogP contribution in [-0.4, -0.2) is 23.7 Å². The fourth-order valence-electron chi connectivity index (χ4n) is 1.76. The van der Waals surface area contributed by atoms with Crippen LogP contribution < -0.4 is 5.32 Å². The van der Waals surface area contributed by atoms with Crippen LogP contribution in [0, 0.1) is 0 Å². The lowest BCUT2D eigenvalue weighted by Crippen LogP contribution is -2.05. The van der Waals surface area contributed by atoms with Crippen LogP contribution in [0.4, 0.5) is 5.69 Å². The standard InChI is InChI=1S/C13H13NO4/c1-8(11-6-7-18-13(11)17)14-10-4-2-9(3-5-10)12(15)16/h2-5,14H,6-7H2,1H3,(H,15,16)/b11-8-. The quantitative estimate of drug-likeness (QED) is 0.631. The predicted octanol–water partition coefficient (Wildman–Crippen LogP) is 2.02. The van der Waals surface area contributed by atoms with Crippen LogP contribution in [0.5, 0.6) is 0 Å². The van der Waals surface area contributed by atoms with Gasteiger partial charge in [-0.05, 0) is 31.2 Å². The van der Waals surface area contributed by atoms with E-state index in [4.69, 9.17) is 9.84 Å². The van der Waals surface area contributed by atoms with Crippen molar-refractivity contribution in [3.8, 4) is 0 Å². The van der Waals surface area contributed by atoms with Crippen LogP contribution in [-0.2, 0) is 9.53 Å². The maximum Gasteiger partial charge on any atom is 0.335 e. The van der Waals surface area contributed by atoms with Crippen molar-refractivity contribution in [2.75, 3.05) is 11.9 Å². The zero-order valence-electron chi connectivity index (χ0n) is 9.90. The number of carbonyl (C=O) groups is 2. The molecule has 1 aromatic rings. The molecule has 5 nitrogen and oxygen atoms in total. The minimum Gasteiger partial charge on any atom is -0.478 e. The number of aromatic carboxylic acids is 1. The maximum absolute atomic E-state index is 11.4. The number of esters is 1. The Morgan fingerprint density at radius 3 is 2.50 bits per heavy atom. The van der Waals surface area contributed by atoms with Crippen LogP contribution in [0.2, 0.25) is 0 Å².